The second kappa shape index (κ2) is 7.46. The lowest BCUT2D eigenvalue weighted by Crippen LogP contribution is -2.41. The third-order valence-electron chi connectivity index (χ3n) is 4.51. The van der Waals surface area contributed by atoms with Crippen LogP contribution >= 0.6 is 0 Å². The Balaban J connectivity index is 1.80. The molecule has 0 bridgehead atoms. The Bertz CT molecular complexity index is 227. The molecule has 3 nitrogen and oxygen atoms in total. The third kappa shape index (κ3) is 4.52. The molecular weight excluding hydrogens is 224 g/mol. The number of hydrogen-bond donors (Lipinski definition) is 1. The zero-order valence-corrected chi connectivity index (χ0v) is 12.0. The molecule has 2 heterocycles. The molecule has 0 amide bonds. The van der Waals surface area contributed by atoms with Gasteiger partial charge in [-0.25, -0.2) is 0 Å². The highest BCUT2D eigenvalue weighted by Gasteiger charge is 2.23. The summed E-state index contributed by atoms with van der Waals surface area (Å²) in [6.45, 7) is 8.21. The number of aliphatic hydroxyl groups excluding tert-OH is 1. The maximum absolute atomic E-state index is 9.66. The van der Waals surface area contributed by atoms with Gasteiger partial charge in [0.25, 0.3) is 0 Å². The molecule has 2 aliphatic heterocycles. The van der Waals surface area contributed by atoms with Crippen molar-refractivity contribution in [3.05, 3.63) is 0 Å². The quantitative estimate of drug-likeness (QED) is 0.814. The van der Waals surface area contributed by atoms with Crippen LogP contribution in [0.1, 0.15) is 51.9 Å². The molecule has 106 valence electrons. The molecule has 3 heteroatoms. The molecule has 2 aliphatic rings. The molecule has 0 radical (unpaired) electrons. The van der Waals surface area contributed by atoms with Gasteiger partial charge < -0.3 is 10.0 Å². The average Bonchev–Trinajstić information content (AvgIpc) is 2.75. The number of aliphatic hydroxyl groups is 1. The predicted molar refractivity (Wildman–Crippen MR) is 75.8 cm³/mol. The van der Waals surface area contributed by atoms with Gasteiger partial charge in [-0.15, -0.1) is 0 Å². The van der Waals surface area contributed by atoms with Gasteiger partial charge in [0.1, 0.15) is 0 Å². The number of hydrogen-bond acceptors (Lipinski definition) is 3. The topological polar surface area (TPSA) is 26.7 Å². The van der Waals surface area contributed by atoms with Crippen molar-refractivity contribution in [2.24, 2.45) is 0 Å². The van der Waals surface area contributed by atoms with Gasteiger partial charge in [0.05, 0.1) is 6.10 Å². The summed E-state index contributed by atoms with van der Waals surface area (Å²) in [5, 5.41) is 9.66. The van der Waals surface area contributed by atoms with Gasteiger partial charge in [0, 0.05) is 19.1 Å². The Kier molecular flexibility index (Phi) is 5.93. The molecular formula is C15H30N2O. The highest BCUT2D eigenvalue weighted by atomic mass is 16.3. The zero-order valence-electron chi connectivity index (χ0n) is 12.0. The smallest absolute Gasteiger partial charge is 0.0527 e. The van der Waals surface area contributed by atoms with Crippen molar-refractivity contribution < 1.29 is 5.11 Å². The summed E-state index contributed by atoms with van der Waals surface area (Å²) >= 11 is 0. The van der Waals surface area contributed by atoms with Gasteiger partial charge in [-0.3, -0.25) is 4.90 Å². The summed E-state index contributed by atoms with van der Waals surface area (Å²) in [5.74, 6) is 0. The molecule has 2 saturated heterocycles. The second-order valence-electron chi connectivity index (χ2n) is 6.17. The largest absolute Gasteiger partial charge is 0.393 e. The molecule has 2 atom stereocenters. The second-order valence-corrected chi connectivity index (χ2v) is 6.17. The Labute approximate surface area is 112 Å². The van der Waals surface area contributed by atoms with E-state index in [-0.39, 0.29) is 6.10 Å². The van der Waals surface area contributed by atoms with E-state index in [9.17, 15) is 5.11 Å². The number of rotatable bonds is 5. The molecule has 0 aliphatic carbocycles. The molecule has 0 aromatic carbocycles. The fraction of sp³-hybridized carbons (Fsp3) is 1.00. The van der Waals surface area contributed by atoms with Crippen LogP contribution in [0.15, 0.2) is 0 Å². The van der Waals surface area contributed by atoms with E-state index in [4.69, 9.17) is 0 Å². The summed E-state index contributed by atoms with van der Waals surface area (Å²) in [5.41, 5.74) is 0. The van der Waals surface area contributed by atoms with E-state index < -0.39 is 0 Å². The van der Waals surface area contributed by atoms with Crippen molar-refractivity contribution in [3.8, 4) is 0 Å². The Hall–Kier alpha value is -0.120. The van der Waals surface area contributed by atoms with Crippen molar-refractivity contribution in [3.63, 3.8) is 0 Å². The van der Waals surface area contributed by atoms with Crippen LogP contribution in [0.25, 0.3) is 0 Å². The predicted octanol–water partition coefficient (Wildman–Crippen LogP) is 2.10. The molecule has 0 aromatic heterocycles. The summed E-state index contributed by atoms with van der Waals surface area (Å²) in [4.78, 5) is 5.25. The standard InChI is InChI=1S/C15H30N2O/c1-14(18)13-15-7-3-2-4-10-17(15)12-11-16-8-5-6-9-16/h14-15,18H,2-13H2,1H3. The first-order valence-electron chi connectivity index (χ1n) is 7.90. The van der Waals surface area contributed by atoms with Gasteiger partial charge in [-0.1, -0.05) is 12.8 Å². The molecule has 0 spiro atoms. The molecule has 0 aromatic rings. The minimum atomic E-state index is -0.151. The van der Waals surface area contributed by atoms with Crippen LogP contribution in [0.3, 0.4) is 0 Å². The van der Waals surface area contributed by atoms with E-state index in [1.54, 1.807) is 0 Å². The average molecular weight is 254 g/mol. The molecule has 2 rings (SSSR count). The van der Waals surface area contributed by atoms with Crippen LogP contribution in [0.4, 0.5) is 0 Å². The highest BCUT2D eigenvalue weighted by molar-refractivity contribution is 4.78. The Morgan fingerprint density at radius 2 is 1.72 bits per heavy atom. The van der Waals surface area contributed by atoms with Gasteiger partial charge in [0.15, 0.2) is 0 Å². The van der Waals surface area contributed by atoms with Crippen LogP contribution < -0.4 is 0 Å². The summed E-state index contributed by atoms with van der Waals surface area (Å²) in [7, 11) is 0. The number of likely N-dealkylation sites (tertiary alicyclic amines) is 2. The van der Waals surface area contributed by atoms with Gasteiger partial charge in [-0.2, -0.15) is 0 Å². The lowest BCUT2D eigenvalue weighted by molar-refractivity contribution is 0.105. The van der Waals surface area contributed by atoms with Crippen molar-refractivity contribution in [2.45, 2.75) is 64.0 Å². The minimum absolute atomic E-state index is 0.151. The molecule has 2 fully saturated rings. The van der Waals surface area contributed by atoms with Crippen molar-refractivity contribution in [2.75, 3.05) is 32.7 Å². The van der Waals surface area contributed by atoms with E-state index in [1.165, 1.54) is 71.2 Å². The van der Waals surface area contributed by atoms with Crippen LogP contribution in [-0.4, -0.2) is 59.8 Å². The summed E-state index contributed by atoms with van der Waals surface area (Å²) in [6.07, 6.45) is 8.92. The van der Waals surface area contributed by atoms with Crippen molar-refractivity contribution in [1.29, 1.82) is 0 Å². The summed E-state index contributed by atoms with van der Waals surface area (Å²) < 4.78 is 0. The lowest BCUT2D eigenvalue weighted by Gasteiger charge is -2.32. The van der Waals surface area contributed by atoms with E-state index >= 15 is 0 Å². The van der Waals surface area contributed by atoms with Crippen LogP contribution in [0, 0.1) is 0 Å². The first kappa shape index (κ1) is 14.3. The maximum atomic E-state index is 9.66. The first-order valence-corrected chi connectivity index (χ1v) is 7.90. The fourth-order valence-electron chi connectivity index (χ4n) is 3.47. The van der Waals surface area contributed by atoms with Gasteiger partial charge in [0.2, 0.25) is 0 Å². The Morgan fingerprint density at radius 3 is 2.44 bits per heavy atom. The Morgan fingerprint density at radius 1 is 1.00 bits per heavy atom. The van der Waals surface area contributed by atoms with Crippen molar-refractivity contribution in [1.82, 2.24) is 9.80 Å². The highest BCUT2D eigenvalue weighted by Crippen LogP contribution is 2.20. The van der Waals surface area contributed by atoms with E-state index in [0.717, 1.165) is 6.42 Å². The molecule has 2 unspecified atom stereocenters. The minimum Gasteiger partial charge on any atom is -0.393 e. The maximum Gasteiger partial charge on any atom is 0.0527 e. The van der Waals surface area contributed by atoms with Crippen LogP contribution in [-0.2, 0) is 0 Å². The number of nitrogens with zero attached hydrogens (tertiary/aromatic N) is 2. The monoisotopic (exact) mass is 254 g/mol. The fourth-order valence-corrected chi connectivity index (χ4v) is 3.47. The lowest BCUT2D eigenvalue weighted by atomic mass is 10.0. The van der Waals surface area contributed by atoms with Gasteiger partial charge >= 0.3 is 0 Å². The normalized spacial score (nSPS) is 29.3. The van der Waals surface area contributed by atoms with Crippen LogP contribution in [0.5, 0.6) is 0 Å². The van der Waals surface area contributed by atoms with E-state index in [0.29, 0.717) is 6.04 Å². The van der Waals surface area contributed by atoms with E-state index in [2.05, 4.69) is 9.80 Å². The molecule has 18 heavy (non-hydrogen) atoms. The third-order valence-corrected chi connectivity index (χ3v) is 4.51. The molecule has 1 N–H and O–H groups in total. The van der Waals surface area contributed by atoms with Crippen LogP contribution in [0.2, 0.25) is 0 Å². The zero-order chi connectivity index (χ0) is 12.8. The molecule has 0 saturated carbocycles. The van der Waals surface area contributed by atoms with Gasteiger partial charge in [-0.05, 0) is 58.7 Å². The summed E-state index contributed by atoms with van der Waals surface area (Å²) in [6, 6.07) is 0.620. The SMILES string of the molecule is CC(O)CC1CCCCCN1CCN1CCCC1. The first-order chi connectivity index (χ1) is 8.75. The van der Waals surface area contributed by atoms with Crippen molar-refractivity contribution >= 4 is 0 Å². The van der Waals surface area contributed by atoms with E-state index in [1.807, 2.05) is 6.92 Å².